The van der Waals surface area contributed by atoms with Crippen LogP contribution in [0.4, 0.5) is 0 Å². The first-order valence-electron chi connectivity index (χ1n) is 7.35. The van der Waals surface area contributed by atoms with E-state index < -0.39 is 0 Å². The zero-order valence-corrected chi connectivity index (χ0v) is 13.4. The lowest BCUT2D eigenvalue weighted by molar-refractivity contribution is 0.159. The van der Waals surface area contributed by atoms with Crippen LogP contribution in [0.15, 0.2) is 41.3 Å². The highest BCUT2D eigenvalue weighted by molar-refractivity contribution is 7.97. The van der Waals surface area contributed by atoms with Crippen LogP contribution in [0.5, 0.6) is 0 Å². The number of ether oxygens (including phenoxy) is 1. The summed E-state index contributed by atoms with van der Waals surface area (Å²) in [6.07, 6.45) is 0. The second-order valence-corrected chi connectivity index (χ2v) is 8.66. The summed E-state index contributed by atoms with van der Waals surface area (Å²) in [5, 5.41) is 2.88. The molecule has 1 aliphatic heterocycles. The lowest BCUT2D eigenvalue weighted by Gasteiger charge is -2.23. The molecule has 0 atom stereocenters. The molecule has 2 aromatic carbocycles. The minimum atomic E-state index is 0.191. The van der Waals surface area contributed by atoms with E-state index >= 15 is 0 Å². The van der Waals surface area contributed by atoms with Crippen molar-refractivity contribution < 1.29 is 4.74 Å². The molecule has 0 aromatic heterocycles. The van der Waals surface area contributed by atoms with Crippen LogP contribution in [0.1, 0.15) is 26.3 Å². The quantitative estimate of drug-likeness (QED) is 0.716. The molecule has 0 N–H and O–H groups in total. The number of fused-ring (bicyclic) bond motifs is 1. The summed E-state index contributed by atoms with van der Waals surface area (Å²) in [7, 11) is 0.357. The van der Waals surface area contributed by atoms with E-state index in [4.69, 9.17) is 4.74 Å². The maximum absolute atomic E-state index is 5.52. The maximum atomic E-state index is 5.52. The van der Waals surface area contributed by atoms with Crippen LogP contribution >= 0.6 is 0 Å². The fourth-order valence-corrected chi connectivity index (χ4v) is 4.95. The van der Waals surface area contributed by atoms with Crippen molar-refractivity contribution in [2.24, 2.45) is 0 Å². The monoisotopic (exact) mass is 287 g/mol. The molecule has 2 aromatic rings. The average Bonchev–Trinajstić information content (AvgIpc) is 2.46. The number of benzene rings is 2. The van der Waals surface area contributed by atoms with Gasteiger partial charge in [-0.25, -0.2) is 0 Å². The van der Waals surface area contributed by atoms with E-state index in [1.807, 2.05) is 0 Å². The van der Waals surface area contributed by atoms with E-state index in [0.29, 0.717) is 10.9 Å². The minimum absolute atomic E-state index is 0.191. The average molecular weight is 287 g/mol. The Labute approximate surface area is 124 Å². The van der Waals surface area contributed by atoms with Gasteiger partial charge >= 0.3 is 0 Å². The highest BCUT2D eigenvalue weighted by Crippen LogP contribution is 2.34. The molecular formula is C18H23OS+. The van der Waals surface area contributed by atoms with E-state index in [1.165, 1.54) is 32.7 Å². The molecule has 0 unspecified atom stereocenters. The molecule has 1 nitrogen and oxygen atoms in total. The van der Waals surface area contributed by atoms with E-state index in [9.17, 15) is 0 Å². The Hall–Kier alpha value is -0.990. The Balaban J connectivity index is 2.16. The van der Waals surface area contributed by atoms with Crippen molar-refractivity contribution >= 4 is 21.7 Å². The third-order valence-electron chi connectivity index (χ3n) is 3.95. The van der Waals surface area contributed by atoms with Crippen molar-refractivity contribution in [3.8, 4) is 0 Å². The van der Waals surface area contributed by atoms with Crippen molar-refractivity contribution in [2.75, 3.05) is 24.7 Å². The van der Waals surface area contributed by atoms with Crippen molar-refractivity contribution in [1.29, 1.82) is 0 Å². The van der Waals surface area contributed by atoms with Crippen LogP contribution in [0.2, 0.25) is 0 Å². The van der Waals surface area contributed by atoms with Crippen LogP contribution in [-0.2, 0) is 21.0 Å². The van der Waals surface area contributed by atoms with Crippen molar-refractivity contribution in [3.05, 3.63) is 42.0 Å². The van der Waals surface area contributed by atoms with Crippen molar-refractivity contribution in [1.82, 2.24) is 0 Å². The van der Waals surface area contributed by atoms with Crippen LogP contribution in [-0.4, -0.2) is 24.7 Å². The lowest BCUT2D eigenvalue weighted by Crippen LogP contribution is -2.26. The highest BCUT2D eigenvalue weighted by Gasteiger charge is 2.28. The highest BCUT2D eigenvalue weighted by atomic mass is 32.2. The van der Waals surface area contributed by atoms with E-state index in [-0.39, 0.29) is 5.41 Å². The molecule has 3 rings (SSSR count). The van der Waals surface area contributed by atoms with Gasteiger partial charge in [0.05, 0.1) is 13.2 Å². The lowest BCUT2D eigenvalue weighted by atomic mass is 9.84. The van der Waals surface area contributed by atoms with Crippen LogP contribution in [0.25, 0.3) is 10.8 Å². The van der Waals surface area contributed by atoms with E-state index in [1.54, 1.807) is 0 Å². The molecule has 1 heterocycles. The number of rotatable bonds is 1. The Bertz CT molecular complexity index is 606. The first-order valence-corrected chi connectivity index (χ1v) is 8.91. The van der Waals surface area contributed by atoms with Gasteiger partial charge in [0.25, 0.3) is 0 Å². The molecule has 1 saturated heterocycles. The number of hydrogen-bond acceptors (Lipinski definition) is 1. The van der Waals surface area contributed by atoms with Gasteiger partial charge in [-0.05, 0) is 28.5 Å². The summed E-state index contributed by atoms with van der Waals surface area (Å²) in [6, 6.07) is 13.6. The van der Waals surface area contributed by atoms with Crippen LogP contribution in [0.3, 0.4) is 0 Å². The van der Waals surface area contributed by atoms with Gasteiger partial charge in [0.15, 0.2) is 4.90 Å². The summed E-state index contributed by atoms with van der Waals surface area (Å²) in [4.78, 5) is 1.54. The standard InChI is InChI=1S/C18H23OS/c1-18(2,3)16-8-9-17(20-12-10-19-11-13-20)15-7-5-4-6-14(15)16/h4-9H,10-13H2,1-3H3/q+1. The topological polar surface area (TPSA) is 9.23 Å². The summed E-state index contributed by atoms with van der Waals surface area (Å²) in [5.74, 6) is 2.36. The summed E-state index contributed by atoms with van der Waals surface area (Å²) >= 11 is 0. The fraction of sp³-hybridized carbons (Fsp3) is 0.444. The summed E-state index contributed by atoms with van der Waals surface area (Å²) < 4.78 is 5.52. The zero-order chi connectivity index (χ0) is 14.2. The van der Waals surface area contributed by atoms with E-state index in [0.717, 1.165) is 13.2 Å². The second kappa shape index (κ2) is 5.42. The van der Waals surface area contributed by atoms with Gasteiger partial charge in [0.1, 0.15) is 11.5 Å². The zero-order valence-electron chi connectivity index (χ0n) is 12.6. The molecule has 20 heavy (non-hydrogen) atoms. The molecular weight excluding hydrogens is 264 g/mol. The van der Waals surface area contributed by atoms with E-state index in [2.05, 4.69) is 57.2 Å². The minimum Gasteiger partial charge on any atom is -0.372 e. The molecule has 106 valence electrons. The third kappa shape index (κ3) is 2.59. The van der Waals surface area contributed by atoms with Gasteiger partial charge in [-0.1, -0.05) is 45.0 Å². The van der Waals surface area contributed by atoms with Crippen molar-refractivity contribution in [3.63, 3.8) is 0 Å². The fourth-order valence-electron chi connectivity index (χ4n) is 2.92. The Morgan fingerprint density at radius 2 is 1.55 bits per heavy atom. The third-order valence-corrected chi connectivity index (χ3v) is 6.25. The largest absolute Gasteiger partial charge is 0.372 e. The Morgan fingerprint density at radius 3 is 2.20 bits per heavy atom. The molecule has 0 radical (unpaired) electrons. The SMILES string of the molecule is CC(C)(C)c1ccc([S+]2CCOCC2)c2ccccc12. The molecule has 0 bridgehead atoms. The molecule has 1 aliphatic rings. The van der Waals surface area contributed by atoms with Crippen LogP contribution < -0.4 is 0 Å². The van der Waals surface area contributed by atoms with Crippen molar-refractivity contribution in [2.45, 2.75) is 31.1 Å². The van der Waals surface area contributed by atoms with Gasteiger partial charge in [-0.2, -0.15) is 0 Å². The summed E-state index contributed by atoms with van der Waals surface area (Å²) in [6.45, 7) is 8.72. The van der Waals surface area contributed by atoms with Crippen LogP contribution in [0, 0.1) is 0 Å². The van der Waals surface area contributed by atoms with Gasteiger partial charge in [0.2, 0.25) is 0 Å². The number of hydrogen-bond donors (Lipinski definition) is 0. The Kier molecular flexibility index (Phi) is 3.78. The van der Waals surface area contributed by atoms with Gasteiger partial charge in [-0.3, -0.25) is 0 Å². The molecule has 0 aliphatic carbocycles. The molecule has 1 fully saturated rings. The predicted molar refractivity (Wildman–Crippen MR) is 88.8 cm³/mol. The van der Waals surface area contributed by atoms with Gasteiger partial charge < -0.3 is 4.74 Å². The molecule has 2 heteroatoms. The molecule has 0 spiro atoms. The smallest absolute Gasteiger partial charge is 0.162 e. The second-order valence-electron chi connectivity index (χ2n) is 6.42. The normalized spacial score (nSPS) is 17.6. The maximum Gasteiger partial charge on any atom is 0.162 e. The first-order chi connectivity index (χ1) is 9.57. The predicted octanol–water partition coefficient (Wildman–Crippen LogP) is 4.14. The first kappa shape index (κ1) is 14.0. The molecule has 0 saturated carbocycles. The summed E-state index contributed by atoms with van der Waals surface area (Å²) in [5.41, 5.74) is 1.64. The van der Waals surface area contributed by atoms with Gasteiger partial charge in [0, 0.05) is 16.3 Å². The molecule has 0 amide bonds. The van der Waals surface area contributed by atoms with Gasteiger partial charge in [-0.15, -0.1) is 0 Å². The Morgan fingerprint density at radius 1 is 0.900 bits per heavy atom.